The van der Waals surface area contributed by atoms with Crippen LogP contribution in [-0.4, -0.2) is 21.3 Å². The highest BCUT2D eigenvalue weighted by atomic mass is 16.5. The van der Waals surface area contributed by atoms with Crippen LogP contribution in [0.2, 0.25) is 0 Å². The number of aliphatic hydroxyl groups excluding tert-OH is 1. The molecule has 17 heavy (non-hydrogen) atoms. The van der Waals surface area contributed by atoms with E-state index in [9.17, 15) is 5.11 Å². The van der Waals surface area contributed by atoms with Gasteiger partial charge in [-0.15, -0.1) is 0 Å². The molecule has 1 aromatic heterocycles. The molecule has 0 aliphatic heterocycles. The molecule has 0 saturated carbocycles. The van der Waals surface area contributed by atoms with Gasteiger partial charge in [-0.2, -0.15) is 0 Å². The van der Waals surface area contributed by atoms with Gasteiger partial charge in [0.2, 0.25) is 0 Å². The fourth-order valence-electron chi connectivity index (χ4n) is 1.64. The molecule has 1 N–H and O–H groups in total. The van der Waals surface area contributed by atoms with Gasteiger partial charge < -0.3 is 14.4 Å². The van der Waals surface area contributed by atoms with E-state index in [-0.39, 0.29) is 0 Å². The lowest BCUT2D eigenvalue weighted by atomic mass is 10.1. The first-order valence-electron chi connectivity index (χ1n) is 5.63. The van der Waals surface area contributed by atoms with Gasteiger partial charge in [-0.1, -0.05) is 18.2 Å². The summed E-state index contributed by atoms with van der Waals surface area (Å²) >= 11 is 0. The fourth-order valence-corrected chi connectivity index (χ4v) is 1.64. The number of rotatable bonds is 5. The van der Waals surface area contributed by atoms with Gasteiger partial charge in [-0.3, -0.25) is 0 Å². The number of imidazole rings is 1. The molecule has 0 saturated heterocycles. The lowest BCUT2D eigenvalue weighted by molar-refractivity contribution is 0.190. The van der Waals surface area contributed by atoms with Crippen molar-refractivity contribution < 1.29 is 9.84 Å². The summed E-state index contributed by atoms with van der Waals surface area (Å²) in [5.74, 6) is 0.739. The zero-order chi connectivity index (χ0) is 12.1. The molecule has 1 heterocycles. The summed E-state index contributed by atoms with van der Waals surface area (Å²) in [4.78, 5) is 3.96. The van der Waals surface area contributed by atoms with Crippen LogP contribution in [-0.2, 0) is 6.54 Å². The van der Waals surface area contributed by atoms with Crippen LogP contribution in [0.5, 0.6) is 5.75 Å². The van der Waals surface area contributed by atoms with E-state index in [0.29, 0.717) is 6.61 Å². The standard InChI is InChI=1S/C13H16N2O2/c1-11(16)12-4-2-3-5-13(12)17-9-8-15-7-6-14-10-15/h2-7,10-11,16H,8-9H2,1H3. The summed E-state index contributed by atoms with van der Waals surface area (Å²) in [6, 6.07) is 7.54. The average Bonchev–Trinajstić information content (AvgIpc) is 2.82. The third kappa shape index (κ3) is 3.07. The van der Waals surface area contributed by atoms with Crippen LogP contribution in [0.3, 0.4) is 0 Å². The Labute approximate surface area is 100 Å². The van der Waals surface area contributed by atoms with Crippen molar-refractivity contribution in [1.29, 1.82) is 0 Å². The Bertz CT molecular complexity index is 452. The van der Waals surface area contributed by atoms with Gasteiger partial charge in [0.15, 0.2) is 0 Å². The number of aliphatic hydroxyl groups is 1. The van der Waals surface area contributed by atoms with Gasteiger partial charge >= 0.3 is 0 Å². The van der Waals surface area contributed by atoms with Gasteiger partial charge in [0.25, 0.3) is 0 Å². The van der Waals surface area contributed by atoms with Gasteiger partial charge in [-0.25, -0.2) is 4.98 Å². The van der Waals surface area contributed by atoms with Crippen LogP contribution in [0.1, 0.15) is 18.6 Å². The largest absolute Gasteiger partial charge is 0.491 e. The Morgan fingerprint density at radius 3 is 2.94 bits per heavy atom. The van der Waals surface area contributed by atoms with E-state index in [1.165, 1.54) is 0 Å². The molecular weight excluding hydrogens is 216 g/mol. The van der Waals surface area contributed by atoms with E-state index < -0.39 is 6.10 Å². The third-order valence-corrected chi connectivity index (χ3v) is 2.54. The van der Waals surface area contributed by atoms with E-state index in [1.54, 1.807) is 19.4 Å². The molecule has 0 amide bonds. The van der Waals surface area contributed by atoms with Crippen molar-refractivity contribution in [3.8, 4) is 5.75 Å². The zero-order valence-corrected chi connectivity index (χ0v) is 9.78. The van der Waals surface area contributed by atoms with E-state index in [1.807, 2.05) is 35.0 Å². The first-order chi connectivity index (χ1) is 8.27. The molecule has 1 aromatic carbocycles. The summed E-state index contributed by atoms with van der Waals surface area (Å²) in [5.41, 5.74) is 0.818. The lowest BCUT2D eigenvalue weighted by Crippen LogP contribution is -2.08. The predicted octanol–water partition coefficient (Wildman–Crippen LogP) is 2.02. The number of hydrogen-bond donors (Lipinski definition) is 1. The molecule has 0 aliphatic rings. The highest BCUT2D eigenvalue weighted by molar-refractivity contribution is 5.34. The number of aromatic nitrogens is 2. The Morgan fingerprint density at radius 1 is 1.41 bits per heavy atom. The minimum atomic E-state index is -0.514. The monoisotopic (exact) mass is 232 g/mol. The SMILES string of the molecule is CC(O)c1ccccc1OCCn1ccnc1. The van der Waals surface area contributed by atoms with Crippen molar-refractivity contribution in [2.24, 2.45) is 0 Å². The first kappa shape index (κ1) is 11.7. The summed E-state index contributed by atoms with van der Waals surface area (Å²) in [7, 11) is 0. The fraction of sp³-hybridized carbons (Fsp3) is 0.308. The van der Waals surface area contributed by atoms with Crippen LogP contribution in [0.15, 0.2) is 43.0 Å². The first-order valence-corrected chi connectivity index (χ1v) is 5.63. The Morgan fingerprint density at radius 2 is 2.24 bits per heavy atom. The number of hydrogen-bond acceptors (Lipinski definition) is 3. The molecule has 1 unspecified atom stereocenters. The van der Waals surface area contributed by atoms with Crippen molar-refractivity contribution in [2.75, 3.05) is 6.61 Å². The van der Waals surface area contributed by atoms with Crippen LogP contribution in [0.4, 0.5) is 0 Å². The van der Waals surface area contributed by atoms with E-state index in [4.69, 9.17) is 4.74 Å². The minimum Gasteiger partial charge on any atom is -0.491 e. The highest BCUT2D eigenvalue weighted by Gasteiger charge is 2.07. The molecule has 2 rings (SSSR count). The second-order valence-corrected chi connectivity index (χ2v) is 3.86. The molecule has 0 fully saturated rings. The Balaban J connectivity index is 1.94. The molecular formula is C13H16N2O2. The van der Waals surface area contributed by atoms with E-state index in [2.05, 4.69) is 4.98 Å². The van der Waals surface area contributed by atoms with Gasteiger partial charge in [0.1, 0.15) is 12.4 Å². The van der Waals surface area contributed by atoms with Gasteiger partial charge in [-0.05, 0) is 13.0 Å². The van der Waals surface area contributed by atoms with E-state index in [0.717, 1.165) is 17.9 Å². The second kappa shape index (κ2) is 5.50. The Hall–Kier alpha value is -1.81. The van der Waals surface area contributed by atoms with E-state index >= 15 is 0 Å². The van der Waals surface area contributed by atoms with Crippen molar-refractivity contribution in [2.45, 2.75) is 19.6 Å². The maximum atomic E-state index is 9.59. The maximum absolute atomic E-state index is 9.59. The molecule has 0 radical (unpaired) electrons. The Kier molecular flexibility index (Phi) is 3.77. The quantitative estimate of drug-likeness (QED) is 0.857. The van der Waals surface area contributed by atoms with Crippen molar-refractivity contribution in [3.05, 3.63) is 48.5 Å². The summed E-state index contributed by atoms with van der Waals surface area (Å²) in [5, 5.41) is 9.59. The molecule has 1 atom stereocenters. The molecule has 4 nitrogen and oxygen atoms in total. The van der Waals surface area contributed by atoms with Crippen LogP contribution in [0.25, 0.3) is 0 Å². The van der Waals surface area contributed by atoms with Crippen LogP contribution < -0.4 is 4.74 Å². The minimum absolute atomic E-state index is 0.514. The maximum Gasteiger partial charge on any atom is 0.125 e. The zero-order valence-electron chi connectivity index (χ0n) is 9.78. The lowest BCUT2D eigenvalue weighted by Gasteiger charge is -2.13. The van der Waals surface area contributed by atoms with Crippen molar-refractivity contribution >= 4 is 0 Å². The summed E-state index contributed by atoms with van der Waals surface area (Å²) in [6.07, 6.45) is 4.87. The number of ether oxygens (including phenoxy) is 1. The normalized spacial score (nSPS) is 12.4. The number of para-hydroxylation sites is 1. The average molecular weight is 232 g/mol. The number of nitrogens with zero attached hydrogens (tertiary/aromatic N) is 2. The van der Waals surface area contributed by atoms with Crippen LogP contribution in [0, 0.1) is 0 Å². The van der Waals surface area contributed by atoms with Gasteiger partial charge in [0.05, 0.1) is 19.0 Å². The van der Waals surface area contributed by atoms with Crippen molar-refractivity contribution in [1.82, 2.24) is 9.55 Å². The molecule has 0 spiro atoms. The summed E-state index contributed by atoms with van der Waals surface area (Å²) in [6.45, 7) is 3.03. The number of benzene rings is 1. The third-order valence-electron chi connectivity index (χ3n) is 2.54. The topological polar surface area (TPSA) is 47.3 Å². The predicted molar refractivity (Wildman–Crippen MR) is 64.8 cm³/mol. The molecule has 2 aromatic rings. The smallest absolute Gasteiger partial charge is 0.125 e. The molecule has 0 bridgehead atoms. The van der Waals surface area contributed by atoms with Crippen molar-refractivity contribution in [3.63, 3.8) is 0 Å². The highest BCUT2D eigenvalue weighted by Crippen LogP contribution is 2.24. The molecule has 4 heteroatoms. The second-order valence-electron chi connectivity index (χ2n) is 3.86. The molecule has 0 aliphatic carbocycles. The van der Waals surface area contributed by atoms with Gasteiger partial charge in [0, 0.05) is 18.0 Å². The van der Waals surface area contributed by atoms with Crippen LogP contribution >= 0.6 is 0 Å². The molecule has 90 valence electrons. The summed E-state index contributed by atoms with van der Waals surface area (Å²) < 4.78 is 7.61.